The molecule has 0 fully saturated rings. The van der Waals surface area contributed by atoms with E-state index in [-0.39, 0.29) is 5.82 Å². The van der Waals surface area contributed by atoms with Crippen molar-refractivity contribution in [2.45, 2.75) is 45.6 Å². The number of hydrogen-bond donors (Lipinski definition) is 1. The Labute approximate surface area is 98.1 Å². The van der Waals surface area contributed by atoms with Crippen molar-refractivity contribution in [2.24, 2.45) is 0 Å². The van der Waals surface area contributed by atoms with Crippen LogP contribution in [0, 0.1) is 5.82 Å². The van der Waals surface area contributed by atoms with Gasteiger partial charge in [-0.15, -0.1) is 0 Å². The molecule has 0 unspecified atom stereocenters. The number of benzene rings is 1. The molecule has 0 saturated heterocycles. The summed E-state index contributed by atoms with van der Waals surface area (Å²) in [7, 11) is 0. The molecule has 1 aromatic rings. The average molecular weight is 223 g/mol. The van der Waals surface area contributed by atoms with E-state index < -0.39 is 0 Å². The van der Waals surface area contributed by atoms with Gasteiger partial charge in [0.15, 0.2) is 0 Å². The summed E-state index contributed by atoms with van der Waals surface area (Å²) in [6, 6.07) is 7.04. The van der Waals surface area contributed by atoms with Gasteiger partial charge in [-0.2, -0.15) is 0 Å². The van der Waals surface area contributed by atoms with Crippen LogP contribution in [0.2, 0.25) is 0 Å². The van der Waals surface area contributed by atoms with Crippen LogP contribution in [0.5, 0.6) is 0 Å². The van der Waals surface area contributed by atoms with Crippen LogP contribution in [0.3, 0.4) is 0 Å². The van der Waals surface area contributed by atoms with Crippen LogP contribution in [0.1, 0.15) is 51.1 Å². The zero-order valence-corrected chi connectivity index (χ0v) is 10.3. The summed E-state index contributed by atoms with van der Waals surface area (Å²) in [5, 5.41) is 3.45. The second-order valence-corrected chi connectivity index (χ2v) is 4.29. The normalized spacial score (nSPS) is 12.7. The van der Waals surface area contributed by atoms with Gasteiger partial charge in [-0.25, -0.2) is 4.39 Å². The third-order valence-corrected chi connectivity index (χ3v) is 2.85. The average Bonchev–Trinajstić information content (AvgIpc) is 2.29. The largest absolute Gasteiger partial charge is 0.310 e. The van der Waals surface area contributed by atoms with Crippen molar-refractivity contribution in [1.29, 1.82) is 0 Å². The van der Waals surface area contributed by atoms with E-state index in [1.165, 1.54) is 37.8 Å². The van der Waals surface area contributed by atoms with E-state index in [0.29, 0.717) is 6.04 Å². The Kier molecular flexibility index (Phi) is 6.09. The van der Waals surface area contributed by atoms with Crippen LogP contribution in [0.15, 0.2) is 24.3 Å². The third kappa shape index (κ3) is 4.75. The van der Waals surface area contributed by atoms with E-state index in [9.17, 15) is 4.39 Å². The Morgan fingerprint density at radius 1 is 1.12 bits per heavy atom. The second kappa shape index (κ2) is 7.39. The highest BCUT2D eigenvalue weighted by Crippen LogP contribution is 2.12. The number of rotatable bonds is 7. The van der Waals surface area contributed by atoms with Gasteiger partial charge < -0.3 is 5.32 Å². The summed E-state index contributed by atoms with van der Waals surface area (Å²) in [5.41, 5.74) is 1.15. The first kappa shape index (κ1) is 13.2. The van der Waals surface area contributed by atoms with Gasteiger partial charge in [0, 0.05) is 6.04 Å². The van der Waals surface area contributed by atoms with Gasteiger partial charge in [0.05, 0.1) is 0 Å². The van der Waals surface area contributed by atoms with Crippen molar-refractivity contribution < 1.29 is 4.39 Å². The molecule has 1 atom stereocenters. The summed E-state index contributed by atoms with van der Waals surface area (Å²) in [6.45, 7) is 5.38. The molecule has 0 aliphatic rings. The van der Waals surface area contributed by atoms with Crippen molar-refractivity contribution in [3.8, 4) is 0 Å². The molecule has 0 radical (unpaired) electrons. The van der Waals surface area contributed by atoms with E-state index in [1.807, 2.05) is 12.1 Å². The quantitative estimate of drug-likeness (QED) is 0.687. The molecule has 0 aliphatic carbocycles. The summed E-state index contributed by atoms with van der Waals surface area (Å²) in [5.74, 6) is -0.168. The van der Waals surface area contributed by atoms with Gasteiger partial charge in [-0.1, -0.05) is 38.3 Å². The van der Waals surface area contributed by atoms with E-state index in [4.69, 9.17) is 0 Å². The second-order valence-electron chi connectivity index (χ2n) is 4.29. The molecule has 0 spiro atoms. The lowest BCUT2D eigenvalue weighted by molar-refractivity contribution is 0.535. The lowest BCUT2D eigenvalue weighted by Crippen LogP contribution is -2.19. The minimum atomic E-state index is -0.168. The van der Waals surface area contributed by atoms with Crippen LogP contribution < -0.4 is 5.32 Å². The van der Waals surface area contributed by atoms with Gasteiger partial charge in [0.25, 0.3) is 0 Å². The highest BCUT2D eigenvalue weighted by atomic mass is 19.1. The first-order valence-electron chi connectivity index (χ1n) is 6.23. The monoisotopic (exact) mass is 223 g/mol. The molecule has 2 heteroatoms. The topological polar surface area (TPSA) is 12.0 Å². The molecule has 1 rings (SSSR count). The zero-order chi connectivity index (χ0) is 11.8. The number of hydrogen-bond acceptors (Lipinski definition) is 1. The molecule has 0 bridgehead atoms. The van der Waals surface area contributed by atoms with Gasteiger partial charge in [0.2, 0.25) is 0 Å². The predicted molar refractivity (Wildman–Crippen MR) is 67.0 cm³/mol. The lowest BCUT2D eigenvalue weighted by Gasteiger charge is -2.14. The van der Waals surface area contributed by atoms with E-state index >= 15 is 0 Å². The molecule has 0 amide bonds. The van der Waals surface area contributed by atoms with E-state index in [0.717, 1.165) is 12.1 Å². The fraction of sp³-hybridized carbons (Fsp3) is 0.571. The Morgan fingerprint density at radius 3 is 2.44 bits per heavy atom. The van der Waals surface area contributed by atoms with Crippen molar-refractivity contribution in [3.63, 3.8) is 0 Å². The lowest BCUT2D eigenvalue weighted by atomic mass is 10.1. The predicted octanol–water partition coefficient (Wildman–Crippen LogP) is 4.06. The molecule has 1 aromatic carbocycles. The fourth-order valence-electron chi connectivity index (χ4n) is 1.74. The number of unbranched alkanes of at least 4 members (excludes halogenated alkanes) is 3. The number of halogens is 1. The Bertz CT molecular complexity index is 281. The Balaban J connectivity index is 2.24. The Morgan fingerprint density at radius 2 is 1.81 bits per heavy atom. The minimum Gasteiger partial charge on any atom is -0.310 e. The van der Waals surface area contributed by atoms with Crippen LogP contribution in [0.25, 0.3) is 0 Å². The van der Waals surface area contributed by atoms with Crippen molar-refractivity contribution in [3.05, 3.63) is 35.6 Å². The Hall–Kier alpha value is -0.890. The first-order valence-corrected chi connectivity index (χ1v) is 6.23. The molecular weight excluding hydrogens is 201 g/mol. The van der Waals surface area contributed by atoms with Gasteiger partial charge >= 0.3 is 0 Å². The van der Waals surface area contributed by atoms with Crippen LogP contribution >= 0.6 is 0 Å². The van der Waals surface area contributed by atoms with Crippen LogP contribution in [-0.2, 0) is 0 Å². The highest BCUT2D eigenvalue weighted by Gasteiger charge is 2.03. The summed E-state index contributed by atoms with van der Waals surface area (Å²) in [4.78, 5) is 0. The SMILES string of the molecule is CCCCCCN[C@H](C)c1ccc(F)cc1. The van der Waals surface area contributed by atoms with Crippen molar-refractivity contribution >= 4 is 0 Å². The minimum absolute atomic E-state index is 0.168. The molecule has 90 valence electrons. The summed E-state index contributed by atoms with van der Waals surface area (Å²) >= 11 is 0. The zero-order valence-electron chi connectivity index (χ0n) is 10.3. The molecule has 0 saturated carbocycles. The maximum atomic E-state index is 12.7. The maximum absolute atomic E-state index is 12.7. The molecule has 16 heavy (non-hydrogen) atoms. The third-order valence-electron chi connectivity index (χ3n) is 2.85. The molecule has 0 aromatic heterocycles. The summed E-state index contributed by atoms with van der Waals surface area (Å²) < 4.78 is 12.7. The maximum Gasteiger partial charge on any atom is 0.123 e. The number of nitrogens with one attached hydrogen (secondary N) is 1. The van der Waals surface area contributed by atoms with Crippen LogP contribution in [-0.4, -0.2) is 6.54 Å². The summed E-state index contributed by atoms with van der Waals surface area (Å²) in [6.07, 6.45) is 5.10. The van der Waals surface area contributed by atoms with Gasteiger partial charge in [-0.05, 0) is 37.6 Å². The van der Waals surface area contributed by atoms with Gasteiger partial charge in [-0.3, -0.25) is 0 Å². The van der Waals surface area contributed by atoms with E-state index in [1.54, 1.807) is 0 Å². The van der Waals surface area contributed by atoms with Crippen LogP contribution in [0.4, 0.5) is 4.39 Å². The smallest absolute Gasteiger partial charge is 0.123 e. The molecule has 1 N–H and O–H groups in total. The molecule has 0 aliphatic heterocycles. The standard InChI is InChI=1S/C14H22FN/c1-3-4-5-6-11-16-12(2)13-7-9-14(15)10-8-13/h7-10,12,16H,3-6,11H2,1-2H3/t12-/m1/s1. The molecular formula is C14H22FN. The van der Waals surface area contributed by atoms with Gasteiger partial charge in [0.1, 0.15) is 5.82 Å². The van der Waals surface area contributed by atoms with Crippen molar-refractivity contribution in [2.75, 3.05) is 6.54 Å². The molecule has 1 nitrogen and oxygen atoms in total. The fourth-order valence-corrected chi connectivity index (χ4v) is 1.74. The highest BCUT2D eigenvalue weighted by molar-refractivity contribution is 5.19. The van der Waals surface area contributed by atoms with Crippen molar-refractivity contribution in [1.82, 2.24) is 5.32 Å². The van der Waals surface area contributed by atoms with E-state index in [2.05, 4.69) is 19.2 Å². The first-order chi connectivity index (χ1) is 7.74. The molecule has 0 heterocycles.